The number of rotatable bonds is 5. The van der Waals surface area contributed by atoms with Gasteiger partial charge >= 0.3 is 0 Å². The molecule has 0 saturated carbocycles. The van der Waals surface area contributed by atoms with Gasteiger partial charge in [-0.15, -0.1) is 0 Å². The SMILES string of the molecule is CC(C)C(NC(=O)c1ccc(Cl)nc1)C(=O)N1CCC(O)(c2ccc(Cl)cc2)C(C)(C)C1. The molecule has 1 aliphatic rings. The summed E-state index contributed by atoms with van der Waals surface area (Å²) < 4.78 is 0. The van der Waals surface area contributed by atoms with E-state index in [4.69, 9.17) is 23.2 Å². The van der Waals surface area contributed by atoms with E-state index in [1.165, 1.54) is 12.3 Å². The predicted octanol–water partition coefficient (Wildman–Crippen LogP) is 4.29. The Hall–Kier alpha value is -2.15. The van der Waals surface area contributed by atoms with Gasteiger partial charge in [0.2, 0.25) is 5.91 Å². The molecule has 172 valence electrons. The number of halogens is 2. The maximum absolute atomic E-state index is 13.4. The molecule has 2 atom stereocenters. The van der Waals surface area contributed by atoms with E-state index in [1.807, 2.05) is 39.8 Å². The second-order valence-electron chi connectivity index (χ2n) is 9.33. The maximum Gasteiger partial charge on any atom is 0.253 e. The van der Waals surface area contributed by atoms with Crippen molar-refractivity contribution in [1.82, 2.24) is 15.2 Å². The Labute approximate surface area is 198 Å². The molecule has 1 aliphatic heterocycles. The Balaban J connectivity index is 1.76. The molecule has 8 heteroatoms. The number of aromatic nitrogens is 1. The second-order valence-corrected chi connectivity index (χ2v) is 10.1. The summed E-state index contributed by atoms with van der Waals surface area (Å²) in [4.78, 5) is 31.8. The minimum atomic E-state index is -1.10. The molecule has 1 fully saturated rings. The Morgan fingerprint density at radius 2 is 1.78 bits per heavy atom. The average Bonchev–Trinajstić information content (AvgIpc) is 2.74. The van der Waals surface area contributed by atoms with Gasteiger partial charge in [-0.25, -0.2) is 4.98 Å². The monoisotopic (exact) mass is 477 g/mol. The minimum Gasteiger partial charge on any atom is -0.384 e. The van der Waals surface area contributed by atoms with Gasteiger partial charge in [0, 0.05) is 29.7 Å². The fraction of sp³-hybridized carbons (Fsp3) is 0.458. The first kappa shape index (κ1) is 24.5. The van der Waals surface area contributed by atoms with Crippen LogP contribution in [0.25, 0.3) is 0 Å². The van der Waals surface area contributed by atoms with E-state index in [1.54, 1.807) is 23.1 Å². The van der Waals surface area contributed by atoms with Crippen LogP contribution in [0.5, 0.6) is 0 Å². The highest BCUT2D eigenvalue weighted by atomic mass is 35.5. The van der Waals surface area contributed by atoms with E-state index in [0.29, 0.717) is 35.2 Å². The van der Waals surface area contributed by atoms with Crippen LogP contribution in [0.4, 0.5) is 0 Å². The van der Waals surface area contributed by atoms with E-state index < -0.39 is 17.1 Å². The number of nitrogens with one attached hydrogen (secondary N) is 1. The van der Waals surface area contributed by atoms with E-state index >= 15 is 0 Å². The average molecular weight is 478 g/mol. The summed E-state index contributed by atoms with van der Waals surface area (Å²) in [6, 6.07) is 9.60. The van der Waals surface area contributed by atoms with Crippen LogP contribution in [0.15, 0.2) is 42.6 Å². The molecule has 0 spiro atoms. The molecule has 3 rings (SSSR count). The molecule has 2 N–H and O–H groups in total. The molecule has 2 aromatic rings. The fourth-order valence-corrected chi connectivity index (χ4v) is 4.45. The molecule has 1 saturated heterocycles. The molecule has 2 heterocycles. The van der Waals surface area contributed by atoms with E-state index in [-0.39, 0.29) is 17.7 Å². The number of carbonyl (C=O) groups excluding carboxylic acids is 2. The van der Waals surface area contributed by atoms with E-state index in [9.17, 15) is 14.7 Å². The number of carbonyl (C=O) groups is 2. The first-order chi connectivity index (χ1) is 14.9. The number of aliphatic hydroxyl groups is 1. The van der Waals surface area contributed by atoms with Crippen LogP contribution in [-0.2, 0) is 10.4 Å². The summed E-state index contributed by atoms with van der Waals surface area (Å²) in [6.45, 7) is 8.41. The maximum atomic E-state index is 13.4. The molecule has 0 aliphatic carbocycles. The van der Waals surface area contributed by atoms with Crippen molar-refractivity contribution in [3.8, 4) is 0 Å². The highest BCUT2D eigenvalue weighted by molar-refractivity contribution is 6.30. The Bertz CT molecular complexity index is 977. The van der Waals surface area contributed by atoms with Gasteiger partial charge in [-0.05, 0) is 42.2 Å². The van der Waals surface area contributed by atoms with Crippen LogP contribution in [0, 0.1) is 11.3 Å². The number of hydrogen-bond acceptors (Lipinski definition) is 4. The van der Waals surface area contributed by atoms with E-state index in [2.05, 4.69) is 10.3 Å². The van der Waals surface area contributed by atoms with E-state index in [0.717, 1.165) is 5.56 Å². The summed E-state index contributed by atoms with van der Waals surface area (Å²) in [5.41, 5.74) is -0.591. The molecule has 0 radical (unpaired) electrons. The molecule has 1 aromatic carbocycles. The van der Waals surface area contributed by atoms with Crippen molar-refractivity contribution < 1.29 is 14.7 Å². The number of pyridine rings is 1. The lowest BCUT2D eigenvalue weighted by Gasteiger charge is -2.51. The minimum absolute atomic E-state index is 0.119. The fourth-order valence-electron chi connectivity index (χ4n) is 4.22. The predicted molar refractivity (Wildman–Crippen MR) is 126 cm³/mol. The van der Waals surface area contributed by atoms with Gasteiger partial charge in [0.15, 0.2) is 0 Å². The van der Waals surface area contributed by atoms with Gasteiger partial charge < -0.3 is 15.3 Å². The summed E-state index contributed by atoms with van der Waals surface area (Å²) >= 11 is 11.8. The molecule has 1 aromatic heterocycles. The van der Waals surface area contributed by atoms with Crippen molar-refractivity contribution >= 4 is 35.0 Å². The number of likely N-dealkylation sites (tertiary alicyclic amines) is 1. The van der Waals surface area contributed by atoms with Gasteiger partial charge in [-0.1, -0.05) is 63.0 Å². The quantitative estimate of drug-likeness (QED) is 0.629. The standard InChI is InChI=1S/C24H29Cl2N3O3/c1-15(2)20(28-21(30)16-5-10-19(26)27-13-16)22(31)29-12-11-24(32,23(3,4)14-29)17-6-8-18(25)9-7-17/h5-10,13,15,20,32H,11-12,14H2,1-4H3,(H,28,30). The summed E-state index contributed by atoms with van der Waals surface area (Å²) in [5, 5.41) is 15.3. The summed E-state index contributed by atoms with van der Waals surface area (Å²) in [6.07, 6.45) is 1.77. The molecule has 32 heavy (non-hydrogen) atoms. The molecule has 2 amide bonds. The number of hydrogen-bond donors (Lipinski definition) is 2. The van der Waals surface area contributed by atoms with Gasteiger partial charge in [-0.2, -0.15) is 0 Å². The van der Waals surface area contributed by atoms with Gasteiger partial charge in [0.1, 0.15) is 11.2 Å². The normalized spacial score (nSPS) is 21.3. The summed E-state index contributed by atoms with van der Waals surface area (Å²) in [5.74, 6) is -0.663. The lowest BCUT2D eigenvalue weighted by atomic mass is 9.66. The van der Waals surface area contributed by atoms with Crippen LogP contribution in [-0.4, -0.2) is 45.9 Å². The van der Waals surface area contributed by atoms with Crippen LogP contribution in [0.2, 0.25) is 10.2 Å². The molecule has 0 bridgehead atoms. The molecule has 2 unspecified atom stereocenters. The highest BCUT2D eigenvalue weighted by Gasteiger charge is 2.50. The summed E-state index contributed by atoms with van der Waals surface area (Å²) in [7, 11) is 0. The van der Waals surface area contributed by atoms with Crippen LogP contribution < -0.4 is 5.32 Å². The zero-order valence-corrected chi connectivity index (χ0v) is 20.2. The van der Waals surface area contributed by atoms with Gasteiger partial charge in [0.25, 0.3) is 5.91 Å². The third-order valence-electron chi connectivity index (χ3n) is 6.29. The number of piperidine rings is 1. The third kappa shape index (κ3) is 4.92. The van der Waals surface area contributed by atoms with Gasteiger partial charge in [0.05, 0.1) is 11.2 Å². The highest BCUT2D eigenvalue weighted by Crippen LogP contribution is 2.46. The van der Waals surface area contributed by atoms with Crippen molar-refractivity contribution in [2.45, 2.75) is 45.8 Å². The smallest absolute Gasteiger partial charge is 0.253 e. The third-order valence-corrected chi connectivity index (χ3v) is 6.77. The van der Waals surface area contributed by atoms with Crippen molar-refractivity contribution in [1.29, 1.82) is 0 Å². The van der Waals surface area contributed by atoms with Crippen LogP contribution in [0.1, 0.15) is 50.0 Å². The molecular weight excluding hydrogens is 449 g/mol. The topological polar surface area (TPSA) is 82.5 Å². The largest absolute Gasteiger partial charge is 0.384 e. The van der Waals surface area contributed by atoms with Crippen molar-refractivity contribution in [3.63, 3.8) is 0 Å². The van der Waals surface area contributed by atoms with Crippen LogP contribution in [0.3, 0.4) is 0 Å². The number of amides is 2. The Morgan fingerprint density at radius 1 is 1.12 bits per heavy atom. The second kappa shape index (κ2) is 9.38. The van der Waals surface area contributed by atoms with Crippen LogP contribution >= 0.6 is 23.2 Å². The lowest BCUT2D eigenvalue weighted by molar-refractivity contribution is -0.155. The van der Waals surface area contributed by atoms with Crippen molar-refractivity contribution in [2.75, 3.05) is 13.1 Å². The molecular formula is C24H29Cl2N3O3. The number of nitrogens with zero attached hydrogens (tertiary/aromatic N) is 2. The van der Waals surface area contributed by atoms with Crippen molar-refractivity contribution in [3.05, 3.63) is 63.9 Å². The Morgan fingerprint density at radius 3 is 2.31 bits per heavy atom. The van der Waals surface area contributed by atoms with Crippen molar-refractivity contribution in [2.24, 2.45) is 11.3 Å². The zero-order valence-electron chi connectivity index (χ0n) is 18.7. The molecule has 6 nitrogen and oxygen atoms in total. The lowest BCUT2D eigenvalue weighted by Crippen LogP contribution is -2.60. The first-order valence-electron chi connectivity index (χ1n) is 10.6. The Kier molecular flexibility index (Phi) is 7.18. The zero-order chi connectivity index (χ0) is 23.7. The first-order valence-corrected chi connectivity index (χ1v) is 11.4. The van der Waals surface area contributed by atoms with Gasteiger partial charge in [-0.3, -0.25) is 9.59 Å². The number of benzene rings is 1.